The van der Waals surface area contributed by atoms with Crippen molar-refractivity contribution in [3.05, 3.63) is 35.9 Å². The first-order chi connectivity index (χ1) is 8.84. The van der Waals surface area contributed by atoms with Crippen molar-refractivity contribution in [1.82, 2.24) is 10.2 Å². The quantitative estimate of drug-likeness (QED) is 0.880. The van der Waals surface area contributed by atoms with Gasteiger partial charge in [-0.3, -0.25) is 4.79 Å². The van der Waals surface area contributed by atoms with Gasteiger partial charge >= 0.3 is 0 Å². The molecule has 2 aliphatic heterocycles. The Morgan fingerprint density at radius 1 is 1.33 bits per heavy atom. The van der Waals surface area contributed by atoms with Crippen molar-refractivity contribution in [3.63, 3.8) is 0 Å². The van der Waals surface area contributed by atoms with E-state index < -0.39 is 0 Å². The third kappa shape index (κ3) is 2.40. The molecule has 1 amide bonds. The summed E-state index contributed by atoms with van der Waals surface area (Å²) in [6, 6.07) is 10.5. The van der Waals surface area contributed by atoms with Crippen LogP contribution in [0.3, 0.4) is 0 Å². The molecule has 0 spiro atoms. The maximum atomic E-state index is 12.3. The number of nitrogens with zero attached hydrogens (tertiary/aromatic N) is 1. The summed E-state index contributed by atoms with van der Waals surface area (Å²) in [5, 5.41) is 3.38. The van der Waals surface area contributed by atoms with E-state index in [9.17, 15) is 4.79 Å². The number of amides is 1. The maximum absolute atomic E-state index is 12.3. The Hall–Kier alpha value is -1.00. The van der Waals surface area contributed by atoms with Gasteiger partial charge in [-0.2, -0.15) is 0 Å². The molecule has 2 atom stereocenters. The number of carbonyl (C=O) groups excluding carboxylic acids is 1. The van der Waals surface area contributed by atoms with Gasteiger partial charge in [0.05, 0.1) is 11.9 Å². The lowest BCUT2D eigenvalue weighted by atomic mass is 9.96. The normalized spacial score (nSPS) is 27.7. The van der Waals surface area contributed by atoms with E-state index in [0.717, 1.165) is 31.1 Å². The zero-order chi connectivity index (χ0) is 12.4. The van der Waals surface area contributed by atoms with Crippen molar-refractivity contribution in [2.75, 3.05) is 24.7 Å². The number of thioether (sulfide) groups is 1. The summed E-state index contributed by atoms with van der Waals surface area (Å²) in [5.74, 6) is 2.72. The number of hydrogen-bond donors (Lipinski definition) is 1. The van der Waals surface area contributed by atoms with Crippen molar-refractivity contribution < 1.29 is 4.79 Å². The van der Waals surface area contributed by atoms with Gasteiger partial charge in [0.2, 0.25) is 5.91 Å². The molecule has 3 nitrogen and oxygen atoms in total. The van der Waals surface area contributed by atoms with Gasteiger partial charge in [0, 0.05) is 18.8 Å². The Morgan fingerprint density at radius 2 is 2.17 bits per heavy atom. The standard InChI is InChI=1S/C14H18N2OS/c17-14(16-6-7-18-10-16)13-8-12(9-15-13)11-4-2-1-3-5-11/h1-5,12-13,15H,6-10H2/t12-,13-/m0/s1. The van der Waals surface area contributed by atoms with Crippen LogP contribution in [0, 0.1) is 0 Å². The highest BCUT2D eigenvalue weighted by molar-refractivity contribution is 7.99. The van der Waals surface area contributed by atoms with Crippen molar-refractivity contribution in [2.24, 2.45) is 0 Å². The molecule has 4 heteroatoms. The van der Waals surface area contributed by atoms with E-state index in [1.54, 1.807) is 0 Å². The van der Waals surface area contributed by atoms with Gasteiger partial charge in [0.25, 0.3) is 0 Å². The lowest BCUT2D eigenvalue weighted by Crippen LogP contribution is -2.42. The minimum absolute atomic E-state index is 0.0221. The van der Waals surface area contributed by atoms with Crippen molar-refractivity contribution in [2.45, 2.75) is 18.4 Å². The Balaban J connectivity index is 1.63. The summed E-state index contributed by atoms with van der Waals surface area (Å²) in [7, 11) is 0. The molecule has 2 fully saturated rings. The zero-order valence-corrected chi connectivity index (χ0v) is 11.2. The lowest BCUT2D eigenvalue weighted by Gasteiger charge is -2.19. The number of hydrogen-bond acceptors (Lipinski definition) is 3. The van der Waals surface area contributed by atoms with Crippen LogP contribution in [-0.2, 0) is 4.79 Å². The summed E-state index contributed by atoms with van der Waals surface area (Å²) < 4.78 is 0. The van der Waals surface area contributed by atoms with E-state index in [0.29, 0.717) is 11.8 Å². The number of rotatable bonds is 2. The molecule has 0 aliphatic carbocycles. The van der Waals surface area contributed by atoms with Gasteiger partial charge in [-0.15, -0.1) is 11.8 Å². The summed E-state index contributed by atoms with van der Waals surface area (Å²) in [5.41, 5.74) is 1.34. The van der Waals surface area contributed by atoms with Gasteiger partial charge in [0.15, 0.2) is 0 Å². The Labute approximate surface area is 112 Å². The van der Waals surface area contributed by atoms with Crippen molar-refractivity contribution in [3.8, 4) is 0 Å². The highest BCUT2D eigenvalue weighted by Crippen LogP contribution is 2.27. The zero-order valence-electron chi connectivity index (χ0n) is 10.3. The van der Waals surface area contributed by atoms with Crippen molar-refractivity contribution in [1.29, 1.82) is 0 Å². The number of carbonyl (C=O) groups is 1. The van der Waals surface area contributed by atoms with Crippen LogP contribution in [-0.4, -0.2) is 41.6 Å². The van der Waals surface area contributed by atoms with Gasteiger partial charge in [-0.05, 0) is 17.9 Å². The highest BCUT2D eigenvalue weighted by atomic mass is 32.2. The maximum Gasteiger partial charge on any atom is 0.240 e. The van der Waals surface area contributed by atoms with Gasteiger partial charge in [0.1, 0.15) is 0 Å². The van der Waals surface area contributed by atoms with Crippen LogP contribution in [0.5, 0.6) is 0 Å². The molecule has 0 aromatic heterocycles. The average molecular weight is 262 g/mol. The predicted molar refractivity (Wildman–Crippen MR) is 74.6 cm³/mol. The first kappa shape index (κ1) is 12.1. The van der Waals surface area contributed by atoms with Gasteiger partial charge in [-0.1, -0.05) is 30.3 Å². The second-order valence-corrected chi connectivity index (χ2v) is 6.02. The molecule has 3 rings (SSSR count). The first-order valence-electron chi connectivity index (χ1n) is 6.49. The van der Waals surface area contributed by atoms with E-state index in [-0.39, 0.29) is 6.04 Å². The lowest BCUT2D eigenvalue weighted by molar-refractivity contribution is -0.131. The molecule has 1 aromatic carbocycles. The smallest absolute Gasteiger partial charge is 0.240 e. The molecule has 1 N–H and O–H groups in total. The van der Waals surface area contributed by atoms with Crippen molar-refractivity contribution >= 4 is 17.7 Å². The molecule has 2 saturated heterocycles. The molecule has 18 heavy (non-hydrogen) atoms. The minimum Gasteiger partial charge on any atom is -0.331 e. The first-order valence-corrected chi connectivity index (χ1v) is 7.65. The van der Waals surface area contributed by atoms with Crippen LogP contribution in [0.2, 0.25) is 0 Å². The molecular formula is C14H18N2OS. The van der Waals surface area contributed by atoms with E-state index >= 15 is 0 Å². The molecule has 2 heterocycles. The largest absolute Gasteiger partial charge is 0.331 e. The van der Waals surface area contributed by atoms with E-state index in [2.05, 4.69) is 29.6 Å². The summed E-state index contributed by atoms with van der Waals surface area (Å²) in [6.45, 7) is 1.83. The topological polar surface area (TPSA) is 32.3 Å². The predicted octanol–water partition coefficient (Wildman–Crippen LogP) is 1.67. The van der Waals surface area contributed by atoms with E-state index in [4.69, 9.17) is 0 Å². The SMILES string of the molecule is O=C([C@@H]1C[C@H](c2ccccc2)CN1)N1CCSC1. The third-order valence-corrected chi connectivity index (χ3v) is 4.73. The van der Waals surface area contributed by atoms with Crippen LogP contribution in [0.4, 0.5) is 0 Å². The second-order valence-electron chi connectivity index (χ2n) is 4.94. The molecular weight excluding hydrogens is 244 g/mol. The van der Waals surface area contributed by atoms with Crippen LogP contribution in [0.25, 0.3) is 0 Å². The molecule has 0 saturated carbocycles. The Kier molecular flexibility index (Phi) is 3.57. The fourth-order valence-electron chi connectivity index (χ4n) is 2.71. The van der Waals surface area contributed by atoms with Gasteiger partial charge < -0.3 is 10.2 Å². The van der Waals surface area contributed by atoms with Crippen LogP contribution >= 0.6 is 11.8 Å². The van der Waals surface area contributed by atoms with Crippen LogP contribution in [0.15, 0.2) is 30.3 Å². The van der Waals surface area contributed by atoms with E-state index in [1.807, 2.05) is 22.7 Å². The molecule has 96 valence electrons. The minimum atomic E-state index is 0.0221. The average Bonchev–Trinajstić information content (AvgIpc) is 3.10. The number of benzene rings is 1. The van der Waals surface area contributed by atoms with Gasteiger partial charge in [-0.25, -0.2) is 0 Å². The molecule has 0 unspecified atom stereocenters. The molecule has 0 bridgehead atoms. The molecule has 1 aromatic rings. The fraction of sp³-hybridized carbons (Fsp3) is 0.500. The summed E-state index contributed by atoms with van der Waals surface area (Å²) in [6.07, 6.45) is 0.935. The Bertz CT molecular complexity index is 417. The highest BCUT2D eigenvalue weighted by Gasteiger charge is 2.33. The molecule has 0 radical (unpaired) electrons. The summed E-state index contributed by atoms with van der Waals surface area (Å²) in [4.78, 5) is 14.3. The van der Waals surface area contributed by atoms with Crippen LogP contribution < -0.4 is 5.32 Å². The Morgan fingerprint density at radius 3 is 2.89 bits per heavy atom. The monoisotopic (exact) mass is 262 g/mol. The third-order valence-electron chi connectivity index (χ3n) is 3.76. The summed E-state index contributed by atoms with van der Waals surface area (Å²) >= 11 is 1.84. The second kappa shape index (κ2) is 5.33. The van der Waals surface area contributed by atoms with E-state index in [1.165, 1.54) is 5.56 Å². The fourth-order valence-corrected chi connectivity index (χ4v) is 3.67. The number of nitrogens with one attached hydrogen (secondary N) is 1. The molecule has 2 aliphatic rings. The van der Waals surface area contributed by atoms with Crippen LogP contribution in [0.1, 0.15) is 17.9 Å².